The van der Waals surface area contributed by atoms with Crippen molar-refractivity contribution in [1.82, 2.24) is 9.55 Å². The fourth-order valence-electron chi connectivity index (χ4n) is 6.09. The number of hydrogen-bond donors (Lipinski definition) is 0. The third-order valence-corrected chi connectivity index (χ3v) is 8.89. The highest BCUT2D eigenvalue weighted by Gasteiger charge is 2.46. The summed E-state index contributed by atoms with van der Waals surface area (Å²) in [5.74, 6) is -0.866. The summed E-state index contributed by atoms with van der Waals surface area (Å²) in [6.45, 7) is 8.10. The summed E-state index contributed by atoms with van der Waals surface area (Å²) in [5.41, 5.74) is 7.84. The number of benzene rings is 5. The maximum absolute atomic E-state index is 7.16. The van der Waals surface area contributed by atoms with Crippen LogP contribution in [-0.2, 0) is 5.79 Å². The number of imidazole rings is 1. The van der Waals surface area contributed by atoms with Gasteiger partial charge in [0.1, 0.15) is 5.82 Å². The second-order valence-corrected chi connectivity index (χ2v) is 12.0. The van der Waals surface area contributed by atoms with Gasteiger partial charge in [0.15, 0.2) is 0 Å². The predicted molar refractivity (Wildman–Crippen MR) is 201 cm³/mol. The van der Waals surface area contributed by atoms with E-state index in [0.717, 1.165) is 39.2 Å². The molecule has 4 nitrogen and oxygen atoms in total. The van der Waals surface area contributed by atoms with Gasteiger partial charge in [-0.1, -0.05) is 176 Å². The molecule has 0 radical (unpaired) electrons. The van der Waals surface area contributed by atoms with E-state index < -0.39 is 5.79 Å². The minimum atomic E-state index is -1.46. The summed E-state index contributed by atoms with van der Waals surface area (Å²) >= 11 is 14.2. The molecule has 1 aliphatic rings. The van der Waals surface area contributed by atoms with Gasteiger partial charge in [-0.3, -0.25) is 4.57 Å². The Labute approximate surface area is 290 Å². The molecule has 0 saturated carbocycles. The topological polar surface area (TPSA) is 42.5 Å². The van der Waals surface area contributed by atoms with Crippen molar-refractivity contribution in [3.05, 3.63) is 198 Å². The minimum absolute atomic E-state index is 0.505. The van der Waals surface area contributed by atoms with E-state index in [0.29, 0.717) is 32.9 Å². The molecule has 1 atom stereocenters. The Kier molecular flexibility index (Phi) is 8.60. The van der Waals surface area contributed by atoms with Crippen molar-refractivity contribution >= 4 is 34.6 Å². The zero-order chi connectivity index (χ0) is 33.1. The Morgan fingerprint density at radius 1 is 0.625 bits per heavy atom. The quantitative estimate of drug-likeness (QED) is 0.142. The van der Waals surface area contributed by atoms with Gasteiger partial charge >= 0.3 is 0 Å². The van der Waals surface area contributed by atoms with Crippen LogP contribution >= 0.6 is 23.2 Å². The van der Waals surface area contributed by atoms with Crippen LogP contribution in [0.4, 0.5) is 0 Å². The van der Waals surface area contributed by atoms with E-state index >= 15 is 0 Å². The van der Waals surface area contributed by atoms with Crippen molar-refractivity contribution in [3.63, 3.8) is 0 Å². The Morgan fingerprint density at radius 3 is 1.79 bits per heavy atom. The lowest BCUT2D eigenvalue weighted by molar-refractivity contribution is 0.409. The molecule has 6 heteroatoms. The number of aliphatic imine (C=N–C) groups is 2. The highest BCUT2D eigenvalue weighted by molar-refractivity contribution is 6.55. The third-order valence-electron chi connectivity index (χ3n) is 8.23. The monoisotopic (exact) mass is 660 g/mol. The van der Waals surface area contributed by atoms with Crippen molar-refractivity contribution in [3.8, 4) is 33.9 Å². The molecule has 48 heavy (non-hydrogen) atoms. The number of aromatic nitrogens is 2. The van der Waals surface area contributed by atoms with Crippen LogP contribution < -0.4 is 0 Å². The molecule has 1 aliphatic heterocycles. The van der Waals surface area contributed by atoms with Crippen molar-refractivity contribution in [2.24, 2.45) is 9.98 Å². The SMILES string of the molecule is C=CC=C(C=C)C1=NC(c2ccccc2Cl)(n2c(-c3ccccc3Cl)nc(-c3ccccc3)c2-c2ccccc2)N=C1c1ccccc1. The molecule has 2 heterocycles. The fraction of sp³-hybridized carbons (Fsp3) is 0.0238. The van der Waals surface area contributed by atoms with E-state index in [9.17, 15) is 0 Å². The van der Waals surface area contributed by atoms with Crippen molar-refractivity contribution in [1.29, 1.82) is 0 Å². The molecule has 1 aromatic heterocycles. The molecule has 0 saturated heterocycles. The summed E-state index contributed by atoms with van der Waals surface area (Å²) < 4.78 is 2.09. The molecule has 0 amide bonds. The zero-order valence-corrected chi connectivity index (χ0v) is 27.5. The standard InChI is InChI=1S/C42H30Cl2N4/c1-3-18-29(4-2)37-38(30-19-8-5-9-20-30)47-42(46-37,34-26-15-17-28-36(34)44)48-40(32-23-12-7-13-24-32)39(31-21-10-6-11-22-31)45-41(48)33-25-14-16-27-35(33)43/h3-28H,1-2H2. The Bertz CT molecular complexity index is 2230. The first-order valence-electron chi connectivity index (χ1n) is 15.5. The van der Waals surface area contributed by atoms with Gasteiger partial charge in [0.05, 0.1) is 32.9 Å². The van der Waals surface area contributed by atoms with Crippen LogP contribution in [0.3, 0.4) is 0 Å². The molecule has 0 bridgehead atoms. The number of rotatable bonds is 9. The fourth-order valence-corrected chi connectivity index (χ4v) is 6.58. The summed E-state index contributed by atoms with van der Waals surface area (Å²) in [7, 11) is 0. The molecule has 6 aromatic rings. The van der Waals surface area contributed by atoms with Gasteiger partial charge in [0.2, 0.25) is 0 Å². The van der Waals surface area contributed by atoms with E-state index in [1.54, 1.807) is 12.2 Å². The van der Waals surface area contributed by atoms with Gasteiger partial charge in [-0.25, -0.2) is 15.0 Å². The first kappa shape index (κ1) is 31.1. The number of halogens is 2. The average molecular weight is 662 g/mol. The number of allylic oxidation sites excluding steroid dienone is 4. The van der Waals surface area contributed by atoms with Gasteiger partial charge in [-0.2, -0.15) is 0 Å². The first-order valence-corrected chi connectivity index (χ1v) is 16.3. The lowest BCUT2D eigenvalue weighted by Gasteiger charge is -2.30. The van der Waals surface area contributed by atoms with Crippen LogP contribution in [0, 0.1) is 0 Å². The van der Waals surface area contributed by atoms with Crippen LogP contribution in [-0.4, -0.2) is 21.0 Å². The van der Waals surface area contributed by atoms with E-state index in [1.165, 1.54) is 0 Å². The van der Waals surface area contributed by atoms with Gasteiger partial charge in [-0.05, 0) is 18.2 Å². The zero-order valence-electron chi connectivity index (χ0n) is 26.0. The van der Waals surface area contributed by atoms with Crippen LogP contribution in [0.2, 0.25) is 10.0 Å². The van der Waals surface area contributed by atoms with E-state index in [-0.39, 0.29) is 0 Å². The predicted octanol–water partition coefficient (Wildman–Crippen LogP) is 11.1. The summed E-state index contributed by atoms with van der Waals surface area (Å²) in [6, 6.07) is 45.7. The van der Waals surface area contributed by atoms with Crippen molar-refractivity contribution in [2.45, 2.75) is 5.79 Å². The number of hydrogen-bond acceptors (Lipinski definition) is 3. The minimum Gasteiger partial charge on any atom is -0.275 e. The average Bonchev–Trinajstić information content (AvgIpc) is 3.73. The molecule has 232 valence electrons. The van der Waals surface area contributed by atoms with Gasteiger partial charge < -0.3 is 0 Å². The summed E-state index contributed by atoms with van der Waals surface area (Å²) in [5, 5.41) is 1.05. The lowest BCUT2D eigenvalue weighted by atomic mass is 10.00. The van der Waals surface area contributed by atoms with E-state index in [4.69, 9.17) is 38.2 Å². The van der Waals surface area contributed by atoms with E-state index in [2.05, 4.69) is 42.0 Å². The first-order chi connectivity index (χ1) is 23.6. The highest BCUT2D eigenvalue weighted by atomic mass is 35.5. The Morgan fingerprint density at radius 2 is 1.19 bits per heavy atom. The summed E-state index contributed by atoms with van der Waals surface area (Å²) in [4.78, 5) is 16.6. The molecule has 0 fully saturated rings. The second kappa shape index (κ2) is 13.3. The molecule has 1 unspecified atom stereocenters. The lowest BCUT2D eigenvalue weighted by Crippen LogP contribution is -2.31. The molecule has 0 spiro atoms. The Balaban J connectivity index is 1.72. The largest absolute Gasteiger partial charge is 0.275 e. The van der Waals surface area contributed by atoms with Crippen LogP contribution in [0.25, 0.3) is 33.9 Å². The van der Waals surface area contributed by atoms with Gasteiger partial charge in [0.25, 0.3) is 5.79 Å². The van der Waals surface area contributed by atoms with Crippen LogP contribution in [0.1, 0.15) is 11.1 Å². The maximum Gasteiger partial charge on any atom is 0.263 e. The normalized spacial score (nSPS) is 15.9. The van der Waals surface area contributed by atoms with Gasteiger partial charge in [-0.15, -0.1) is 0 Å². The van der Waals surface area contributed by atoms with E-state index in [1.807, 2.05) is 121 Å². The molecular weight excluding hydrogens is 631 g/mol. The van der Waals surface area contributed by atoms with Crippen LogP contribution in [0.15, 0.2) is 186 Å². The summed E-state index contributed by atoms with van der Waals surface area (Å²) in [6.07, 6.45) is 5.40. The molecule has 0 aliphatic carbocycles. The van der Waals surface area contributed by atoms with Crippen LogP contribution in [0.5, 0.6) is 0 Å². The molecule has 5 aromatic carbocycles. The Hall–Kier alpha value is -5.55. The third kappa shape index (κ3) is 5.45. The van der Waals surface area contributed by atoms with Crippen molar-refractivity contribution < 1.29 is 0 Å². The number of nitrogens with zero attached hydrogens (tertiary/aromatic N) is 4. The van der Waals surface area contributed by atoms with Gasteiger partial charge in [0, 0.05) is 33.4 Å². The molecule has 0 N–H and O–H groups in total. The maximum atomic E-state index is 7.16. The highest BCUT2D eigenvalue weighted by Crippen LogP contribution is 2.48. The van der Waals surface area contributed by atoms with Crippen molar-refractivity contribution in [2.75, 3.05) is 0 Å². The second-order valence-electron chi connectivity index (χ2n) is 11.1. The molecular formula is C42H30Cl2N4. The smallest absolute Gasteiger partial charge is 0.263 e. The molecule has 7 rings (SSSR count).